The van der Waals surface area contributed by atoms with E-state index in [0.717, 1.165) is 6.54 Å². The molecule has 0 amide bonds. The summed E-state index contributed by atoms with van der Waals surface area (Å²) < 4.78 is 1.22. The normalized spacial score (nSPS) is 12.9. The van der Waals surface area contributed by atoms with Gasteiger partial charge in [0.05, 0.1) is 26.7 Å². The highest BCUT2D eigenvalue weighted by Crippen LogP contribution is 2.15. The van der Waals surface area contributed by atoms with Crippen molar-refractivity contribution in [3.05, 3.63) is 0 Å². The lowest BCUT2D eigenvalue weighted by molar-refractivity contribution is -0.908. The van der Waals surface area contributed by atoms with Gasteiger partial charge in [-0.2, -0.15) is 0 Å². The van der Waals surface area contributed by atoms with E-state index in [1.807, 2.05) is 0 Å². The quantitative estimate of drug-likeness (QED) is 0.0989. The Morgan fingerprint density at radius 3 is 1.00 bits per heavy atom. The van der Waals surface area contributed by atoms with Crippen molar-refractivity contribution in [2.24, 2.45) is 5.73 Å². The molecule has 0 saturated carbocycles. The van der Waals surface area contributed by atoms with Crippen LogP contribution in [0.5, 0.6) is 0 Å². The molecule has 0 aromatic rings. The van der Waals surface area contributed by atoms with Crippen molar-refractivity contribution in [2.45, 2.75) is 162 Å². The topological polar surface area (TPSA) is 49.1 Å². The average Bonchev–Trinajstić information content (AvgIpc) is 2.84. The van der Waals surface area contributed by atoms with Crippen LogP contribution < -0.4 is 10.8 Å². The molecule has 0 saturated heterocycles. The number of quaternary nitrogens is 1. The summed E-state index contributed by atoms with van der Waals surface area (Å²) in [5, 5.41) is 8.93. The van der Waals surface area contributed by atoms with Crippen molar-refractivity contribution < 1.29 is 9.59 Å². The highest BCUT2D eigenvalue weighted by atomic mass is 16.2. The summed E-state index contributed by atoms with van der Waals surface area (Å²) in [7, 11) is 2.41. The predicted molar refractivity (Wildman–Crippen MR) is 153 cm³/mol. The standard InChI is InChI=1S/C29H63N2.C2H5O/c1-4-6-7-8-9-10-11-12-13-14-15-16-17-18-19-20-21-22-23-24-25-28-31(3,5-2)29-26-27-30;1-2-3/h4-30H2,1-3H3;2H2,1H3/q+1;-1. The lowest BCUT2D eigenvalue weighted by Gasteiger charge is -2.33. The number of nitrogens with two attached hydrogens (primary N) is 1. The maximum atomic E-state index is 8.93. The molecule has 0 aliphatic heterocycles. The second-order valence-electron chi connectivity index (χ2n) is 10.9. The zero-order valence-electron chi connectivity index (χ0n) is 24.5. The van der Waals surface area contributed by atoms with Crippen molar-refractivity contribution in [3.8, 4) is 0 Å². The molecule has 2 N–H and O–H groups in total. The third kappa shape index (κ3) is 29.9. The van der Waals surface area contributed by atoms with Gasteiger partial charge >= 0.3 is 0 Å². The Morgan fingerprint density at radius 2 is 0.735 bits per heavy atom. The van der Waals surface area contributed by atoms with Crippen LogP contribution in [0.4, 0.5) is 0 Å². The zero-order chi connectivity index (χ0) is 25.6. The zero-order valence-corrected chi connectivity index (χ0v) is 24.5. The van der Waals surface area contributed by atoms with Crippen LogP contribution in [0.25, 0.3) is 0 Å². The van der Waals surface area contributed by atoms with E-state index in [2.05, 4.69) is 20.9 Å². The maximum absolute atomic E-state index is 8.93. The molecule has 0 spiro atoms. The van der Waals surface area contributed by atoms with E-state index in [-0.39, 0.29) is 6.61 Å². The Morgan fingerprint density at radius 1 is 0.471 bits per heavy atom. The molecule has 208 valence electrons. The van der Waals surface area contributed by atoms with Gasteiger partial charge in [-0.05, 0) is 26.3 Å². The van der Waals surface area contributed by atoms with Gasteiger partial charge in [0.2, 0.25) is 0 Å². The highest BCUT2D eigenvalue weighted by Gasteiger charge is 2.17. The molecule has 1 atom stereocenters. The minimum absolute atomic E-state index is 0. The molecule has 0 aliphatic carbocycles. The molecule has 0 heterocycles. The van der Waals surface area contributed by atoms with Crippen LogP contribution >= 0.6 is 0 Å². The monoisotopic (exact) mass is 485 g/mol. The van der Waals surface area contributed by atoms with E-state index in [1.165, 1.54) is 165 Å². The van der Waals surface area contributed by atoms with Crippen molar-refractivity contribution >= 4 is 0 Å². The summed E-state index contributed by atoms with van der Waals surface area (Å²) in [4.78, 5) is 0. The SMILES string of the molecule is CCCCCCCCCCCCCCCCCCCCCCC[N+](C)(CC)CCCN.CC[O-]. The van der Waals surface area contributed by atoms with Crippen LogP contribution in [0, 0.1) is 0 Å². The largest absolute Gasteiger partial charge is 0.855 e. The van der Waals surface area contributed by atoms with E-state index in [1.54, 1.807) is 6.92 Å². The lowest BCUT2D eigenvalue weighted by atomic mass is 10.0. The Kier molecular flexibility index (Phi) is 32.8. The van der Waals surface area contributed by atoms with Gasteiger partial charge in [0.1, 0.15) is 0 Å². The summed E-state index contributed by atoms with van der Waals surface area (Å²) in [5.41, 5.74) is 5.69. The lowest BCUT2D eigenvalue weighted by Crippen LogP contribution is -2.45. The van der Waals surface area contributed by atoms with Crippen molar-refractivity contribution in [1.82, 2.24) is 0 Å². The van der Waals surface area contributed by atoms with Gasteiger partial charge < -0.3 is 15.3 Å². The summed E-state index contributed by atoms with van der Waals surface area (Å²) in [6, 6.07) is 0. The number of unbranched alkanes of at least 4 members (excludes halogenated alkanes) is 20. The first-order chi connectivity index (χ1) is 16.6. The van der Waals surface area contributed by atoms with Gasteiger partial charge in [0, 0.05) is 6.42 Å². The summed E-state index contributed by atoms with van der Waals surface area (Å²) in [6.45, 7) is 10.9. The molecule has 0 bridgehead atoms. The molecule has 0 fully saturated rings. The number of nitrogens with zero attached hydrogens (tertiary/aromatic N) is 1. The van der Waals surface area contributed by atoms with Crippen LogP contribution in [0.15, 0.2) is 0 Å². The molecule has 3 nitrogen and oxygen atoms in total. The van der Waals surface area contributed by atoms with E-state index >= 15 is 0 Å². The fourth-order valence-corrected chi connectivity index (χ4v) is 4.83. The van der Waals surface area contributed by atoms with Gasteiger partial charge in [0.15, 0.2) is 0 Å². The van der Waals surface area contributed by atoms with Crippen LogP contribution in [-0.4, -0.2) is 44.3 Å². The predicted octanol–water partition coefficient (Wildman–Crippen LogP) is 8.38. The molecule has 0 rings (SSSR count). The average molecular weight is 485 g/mol. The maximum Gasteiger partial charge on any atom is 0.0796 e. The van der Waals surface area contributed by atoms with Gasteiger partial charge in [-0.25, -0.2) is 0 Å². The number of rotatable bonds is 26. The van der Waals surface area contributed by atoms with E-state index in [0.29, 0.717) is 0 Å². The molecule has 34 heavy (non-hydrogen) atoms. The first-order valence-electron chi connectivity index (χ1n) is 15.7. The molecule has 0 aromatic carbocycles. The second-order valence-corrected chi connectivity index (χ2v) is 10.9. The highest BCUT2D eigenvalue weighted by molar-refractivity contribution is 4.51. The summed E-state index contributed by atoms with van der Waals surface area (Å²) >= 11 is 0. The second kappa shape index (κ2) is 30.9. The number of hydrogen-bond donors (Lipinski definition) is 1. The molecule has 0 radical (unpaired) electrons. The molecular formula is C31H68N2O. The van der Waals surface area contributed by atoms with E-state index in [9.17, 15) is 0 Å². The Labute approximate surface area is 217 Å². The van der Waals surface area contributed by atoms with Crippen LogP contribution in [-0.2, 0) is 0 Å². The van der Waals surface area contributed by atoms with Gasteiger partial charge in [-0.15, -0.1) is 6.61 Å². The van der Waals surface area contributed by atoms with Gasteiger partial charge in [0.25, 0.3) is 0 Å². The Bertz CT molecular complexity index is 350. The van der Waals surface area contributed by atoms with Crippen molar-refractivity contribution in [1.29, 1.82) is 0 Å². The molecule has 1 unspecified atom stereocenters. The van der Waals surface area contributed by atoms with Crippen LogP contribution in [0.3, 0.4) is 0 Å². The third-order valence-electron chi connectivity index (χ3n) is 7.47. The smallest absolute Gasteiger partial charge is 0.0796 e. The number of hydrogen-bond acceptors (Lipinski definition) is 2. The fourth-order valence-electron chi connectivity index (χ4n) is 4.83. The first-order valence-corrected chi connectivity index (χ1v) is 15.7. The summed E-state index contributed by atoms with van der Waals surface area (Å²) in [5.74, 6) is 0. The molecule has 0 aliphatic rings. The Balaban J connectivity index is 0. The van der Waals surface area contributed by atoms with E-state index < -0.39 is 0 Å². The molecular weight excluding hydrogens is 416 g/mol. The van der Waals surface area contributed by atoms with Crippen molar-refractivity contribution in [2.75, 3.05) is 39.8 Å². The van der Waals surface area contributed by atoms with E-state index in [4.69, 9.17) is 10.8 Å². The molecule has 0 aromatic heterocycles. The first kappa shape index (κ1) is 36.0. The summed E-state index contributed by atoms with van der Waals surface area (Å²) in [6.07, 6.45) is 31.9. The van der Waals surface area contributed by atoms with Crippen molar-refractivity contribution in [3.63, 3.8) is 0 Å². The fraction of sp³-hybridized carbons (Fsp3) is 1.00. The third-order valence-corrected chi connectivity index (χ3v) is 7.47. The minimum Gasteiger partial charge on any atom is -0.855 e. The van der Waals surface area contributed by atoms with Crippen LogP contribution in [0.2, 0.25) is 0 Å². The Hall–Kier alpha value is -0.120. The van der Waals surface area contributed by atoms with Gasteiger partial charge in [-0.3, -0.25) is 0 Å². The van der Waals surface area contributed by atoms with Gasteiger partial charge in [-0.1, -0.05) is 136 Å². The molecule has 3 heteroatoms. The minimum atomic E-state index is 0. The van der Waals surface area contributed by atoms with Crippen LogP contribution in [0.1, 0.15) is 162 Å².